The standard InChI is InChI=1S/C19H22N2O5S/c1-14-4-6-16(25-14)13-21(11-10-20(2)3)27(23,24)17-7-8-18-15(12-17)5-9-19(22)26-18/h4-9,12H,10-11,13H2,1-3H3. The summed E-state index contributed by atoms with van der Waals surface area (Å²) in [4.78, 5) is 13.4. The first kappa shape index (κ1) is 19.3. The Bertz CT molecular complexity index is 1100. The molecule has 0 N–H and O–H groups in total. The van der Waals surface area contributed by atoms with Gasteiger partial charge in [0.25, 0.3) is 0 Å². The van der Waals surface area contributed by atoms with Gasteiger partial charge < -0.3 is 13.7 Å². The van der Waals surface area contributed by atoms with Gasteiger partial charge in [-0.1, -0.05) is 0 Å². The summed E-state index contributed by atoms with van der Waals surface area (Å²) >= 11 is 0. The van der Waals surface area contributed by atoms with Crippen LogP contribution >= 0.6 is 0 Å². The maximum Gasteiger partial charge on any atom is 0.336 e. The zero-order valence-corrected chi connectivity index (χ0v) is 16.3. The molecular weight excluding hydrogens is 368 g/mol. The second-order valence-corrected chi connectivity index (χ2v) is 8.55. The Morgan fingerprint density at radius 1 is 0.963 bits per heavy atom. The van der Waals surface area contributed by atoms with E-state index in [1.807, 2.05) is 32.0 Å². The highest BCUT2D eigenvalue weighted by molar-refractivity contribution is 7.89. The molecule has 0 bridgehead atoms. The van der Waals surface area contributed by atoms with Gasteiger partial charge in [-0.25, -0.2) is 13.2 Å². The van der Waals surface area contributed by atoms with Crippen LogP contribution in [0.4, 0.5) is 0 Å². The van der Waals surface area contributed by atoms with Crippen molar-refractivity contribution in [1.82, 2.24) is 9.21 Å². The number of benzene rings is 1. The van der Waals surface area contributed by atoms with Gasteiger partial charge in [0.05, 0.1) is 11.4 Å². The van der Waals surface area contributed by atoms with Crippen molar-refractivity contribution < 1.29 is 17.3 Å². The second kappa shape index (κ2) is 7.67. The molecule has 7 nitrogen and oxygen atoms in total. The normalized spacial score (nSPS) is 12.3. The van der Waals surface area contributed by atoms with Gasteiger partial charge in [0.2, 0.25) is 10.0 Å². The fraction of sp³-hybridized carbons (Fsp3) is 0.316. The minimum Gasteiger partial charge on any atom is -0.465 e. The number of fused-ring (bicyclic) bond motifs is 1. The van der Waals surface area contributed by atoms with Gasteiger partial charge in [0, 0.05) is 24.5 Å². The quantitative estimate of drug-likeness (QED) is 0.576. The molecule has 0 atom stereocenters. The van der Waals surface area contributed by atoms with Crippen molar-refractivity contribution in [1.29, 1.82) is 0 Å². The average Bonchev–Trinajstić information content (AvgIpc) is 3.02. The van der Waals surface area contributed by atoms with Gasteiger partial charge in [-0.05, 0) is 57.4 Å². The minimum absolute atomic E-state index is 0.144. The van der Waals surface area contributed by atoms with E-state index in [0.717, 1.165) is 5.76 Å². The molecule has 0 amide bonds. The SMILES string of the molecule is Cc1ccc(CN(CCN(C)C)S(=O)(=O)c2ccc3oc(=O)ccc3c2)o1. The van der Waals surface area contributed by atoms with E-state index in [1.165, 1.54) is 28.6 Å². The van der Waals surface area contributed by atoms with Crippen molar-refractivity contribution in [2.75, 3.05) is 27.2 Å². The van der Waals surface area contributed by atoms with E-state index in [-0.39, 0.29) is 11.4 Å². The number of hydrogen-bond donors (Lipinski definition) is 0. The lowest BCUT2D eigenvalue weighted by atomic mass is 10.2. The molecule has 0 aliphatic carbocycles. The van der Waals surface area contributed by atoms with Crippen LogP contribution in [-0.4, -0.2) is 44.8 Å². The molecule has 0 saturated heterocycles. The molecular formula is C19H22N2O5S. The summed E-state index contributed by atoms with van der Waals surface area (Å²) in [7, 11) is 0.0172. The molecule has 8 heteroatoms. The smallest absolute Gasteiger partial charge is 0.336 e. The molecule has 3 rings (SSSR count). The lowest BCUT2D eigenvalue weighted by Gasteiger charge is -2.23. The third kappa shape index (κ3) is 4.47. The number of aryl methyl sites for hydroxylation is 1. The summed E-state index contributed by atoms with van der Waals surface area (Å²) in [5.74, 6) is 1.32. The summed E-state index contributed by atoms with van der Waals surface area (Å²) in [5.41, 5.74) is -0.123. The van der Waals surface area contributed by atoms with Crippen molar-refractivity contribution >= 4 is 21.0 Å². The van der Waals surface area contributed by atoms with Crippen LogP contribution in [0.2, 0.25) is 0 Å². The summed E-state index contributed by atoms with van der Waals surface area (Å²) < 4.78 is 38.5. The summed E-state index contributed by atoms with van der Waals surface area (Å²) in [6.45, 7) is 2.85. The van der Waals surface area contributed by atoms with Crippen LogP contribution in [-0.2, 0) is 16.6 Å². The second-order valence-electron chi connectivity index (χ2n) is 6.61. The fourth-order valence-electron chi connectivity index (χ4n) is 2.70. The highest BCUT2D eigenvalue weighted by atomic mass is 32.2. The third-order valence-corrected chi connectivity index (χ3v) is 5.99. The van der Waals surface area contributed by atoms with E-state index in [9.17, 15) is 13.2 Å². The van der Waals surface area contributed by atoms with E-state index in [1.54, 1.807) is 12.1 Å². The molecule has 0 spiro atoms. The zero-order chi connectivity index (χ0) is 19.6. The average molecular weight is 390 g/mol. The van der Waals surface area contributed by atoms with Crippen LogP contribution < -0.4 is 5.63 Å². The minimum atomic E-state index is -3.76. The largest absolute Gasteiger partial charge is 0.465 e. The Morgan fingerprint density at radius 2 is 1.74 bits per heavy atom. The molecule has 27 heavy (non-hydrogen) atoms. The molecule has 0 aliphatic rings. The van der Waals surface area contributed by atoms with Crippen molar-refractivity contribution in [2.45, 2.75) is 18.4 Å². The number of rotatable bonds is 7. The van der Waals surface area contributed by atoms with Gasteiger partial charge in [-0.3, -0.25) is 0 Å². The number of nitrogens with zero attached hydrogens (tertiary/aromatic N) is 2. The number of hydrogen-bond acceptors (Lipinski definition) is 6. The van der Waals surface area contributed by atoms with E-state index >= 15 is 0 Å². The van der Waals surface area contributed by atoms with E-state index < -0.39 is 15.6 Å². The Labute approximate surface area is 157 Å². The molecule has 1 aromatic carbocycles. The van der Waals surface area contributed by atoms with Crippen molar-refractivity contribution in [2.24, 2.45) is 0 Å². The summed E-state index contributed by atoms with van der Waals surface area (Å²) in [6.07, 6.45) is 0. The Balaban J connectivity index is 1.97. The maximum absolute atomic E-state index is 13.2. The van der Waals surface area contributed by atoms with Crippen LogP contribution in [0.15, 0.2) is 61.0 Å². The Hall–Kier alpha value is -2.42. The summed E-state index contributed by atoms with van der Waals surface area (Å²) in [6, 6.07) is 10.9. The molecule has 0 saturated carbocycles. The van der Waals surface area contributed by atoms with Gasteiger partial charge in [-0.2, -0.15) is 4.31 Å². The lowest BCUT2D eigenvalue weighted by Crippen LogP contribution is -2.36. The van der Waals surface area contributed by atoms with Crippen molar-refractivity contribution in [3.05, 3.63) is 64.4 Å². The first-order valence-electron chi connectivity index (χ1n) is 8.50. The van der Waals surface area contributed by atoms with Gasteiger partial charge in [-0.15, -0.1) is 0 Å². The molecule has 2 heterocycles. The van der Waals surface area contributed by atoms with Gasteiger partial charge in [0.15, 0.2) is 0 Å². The van der Waals surface area contributed by atoms with E-state index in [0.29, 0.717) is 29.8 Å². The first-order chi connectivity index (χ1) is 12.8. The topological polar surface area (TPSA) is 84.0 Å². The van der Waals surface area contributed by atoms with E-state index in [2.05, 4.69) is 0 Å². The molecule has 2 aromatic heterocycles. The predicted octanol–water partition coefficient (Wildman–Crippen LogP) is 2.45. The van der Waals surface area contributed by atoms with Crippen molar-refractivity contribution in [3.63, 3.8) is 0 Å². The van der Waals surface area contributed by atoms with Crippen LogP contribution in [0.25, 0.3) is 11.0 Å². The monoisotopic (exact) mass is 390 g/mol. The van der Waals surface area contributed by atoms with Crippen LogP contribution in [0.3, 0.4) is 0 Å². The first-order valence-corrected chi connectivity index (χ1v) is 9.94. The number of sulfonamides is 1. The van der Waals surface area contributed by atoms with E-state index in [4.69, 9.17) is 8.83 Å². The lowest BCUT2D eigenvalue weighted by molar-refractivity contribution is 0.310. The maximum atomic E-state index is 13.2. The molecule has 0 fully saturated rings. The Kier molecular flexibility index (Phi) is 5.50. The van der Waals surface area contributed by atoms with Gasteiger partial charge in [0.1, 0.15) is 17.1 Å². The van der Waals surface area contributed by atoms with Crippen molar-refractivity contribution in [3.8, 4) is 0 Å². The summed E-state index contributed by atoms with van der Waals surface area (Å²) in [5, 5.41) is 0.553. The zero-order valence-electron chi connectivity index (χ0n) is 15.5. The fourth-order valence-corrected chi connectivity index (χ4v) is 4.13. The predicted molar refractivity (Wildman–Crippen MR) is 102 cm³/mol. The molecule has 0 radical (unpaired) electrons. The Morgan fingerprint density at radius 3 is 2.41 bits per heavy atom. The van der Waals surface area contributed by atoms with Crippen LogP contribution in [0.1, 0.15) is 11.5 Å². The molecule has 0 unspecified atom stereocenters. The molecule has 3 aromatic rings. The molecule has 144 valence electrons. The van der Waals surface area contributed by atoms with Gasteiger partial charge >= 0.3 is 5.63 Å². The number of furan rings is 1. The highest BCUT2D eigenvalue weighted by Crippen LogP contribution is 2.23. The third-order valence-electron chi connectivity index (χ3n) is 4.15. The highest BCUT2D eigenvalue weighted by Gasteiger charge is 2.26. The molecule has 0 aliphatic heterocycles. The van der Waals surface area contributed by atoms with Crippen LogP contribution in [0, 0.1) is 6.92 Å². The van der Waals surface area contributed by atoms with Crippen LogP contribution in [0.5, 0.6) is 0 Å². The number of likely N-dealkylation sites (N-methyl/N-ethyl adjacent to an activating group) is 1.